The van der Waals surface area contributed by atoms with Gasteiger partial charge in [-0.25, -0.2) is 9.97 Å². The van der Waals surface area contributed by atoms with Crippen molar-refractivity contribution in [2.75, 3.05) is 31.1 Å². The van der Waals surface area contributed by atoms with Gasteiger partial charge in [-0.05, 0) is 13.8 Å². The van der Waals surface area contributed by atoms with Crippen LogP contribution in [-0.4, -0.2) is 51.2 Å². The van der Waals surface area contributed by atoms with E-state index < -0.39 is 0 Å². The van der Waals surface area contributed by atoms with Gasteiger partial charge in [-0.1, -0.05) is 13.8 Å². The number of hydrogen-bond acceptors (Lipinski definition) is 7. The van der Waals surface area contributed by atoms with E-state index in [1.807, 2.05) is 13.8 Å². The van der Waals surface area contributed by atoms with Crippen LogP contribution < -0.4 is 4.90 Å². The lowest BCUT2D eigenvalue weighted by Gasteiger charge is -2.37. The van der Waals surface area contributed by atoms with Gasteiger partial charge in [0.1, 0.15) is 11.6 Å². The highest BCUT2D eigenvalue weighted by Gasteiger charge is 2.26. The van der Waals surface area contributed by atoms with E-state index in [9.17, 15) is 0 Å². The molecule has 7 heteroatoms. The zero-order valence-corrected chi connectivity index (χ0v) is 15.2. The van der Waals surface area contributed by atoms with Crippen LogP contribution in [0.15, 0.2) is 10.5 Å². The van der Waals surface area contributed by atoms with Crippen molar-refractivity contribution in [2.45, 2.75) is 46.6 Å². The van der Waals surface area contributed by atoms with Gasteiger partial charge in [0.05, 0.1) is 6.04 Å². The second-order valence-electron chi connectivity index (χ2n) is 6.74. The van der Waals surface area contributed by atoms with Gasteiger partial charge in [0, 0.05) is 50.8 Å². The molecule has 0 bridgehead atoms. The minimum absolute atomic E-state index is 0.145. The summed E-state index contributed by atoms with van der Waals surface area (Å²) in [7, 11) is 0. The summed E-state index contributed by atoms with van der Waals surface area (Å²) in [6.45, 7) is 14.0. The minimum atomic E-state index is 0.145. The highest BCUT2D eigenvalue weighted by molar-refractivity contribution is 5.40. The molecule has 0 N–H and O–H groups in total. The quantitative estimate of drug-likeness (QED) is 0.853. The molecule has 0 amide bonds. The summed E-state index contributed by atoms with van der Waals surface area (Å²) in [5.41, 5.74) is 1.03. The zero-order valence-electron chi connectivity index (χ0n) is 15.2. The van der Waals surface area contributed by atoms with Crippen LogP contribution >= 0.6 is 0 Å². The molecule has 0 saturated carbocycles. The predicted octanol–water partition coefficient (Wildman–Crippen LogP) is 2.48. The molecule has 1 saturated heterocycles. The van der Waals surface area contributed by atoms with Crippen molar-refractivity contribution in [3.63, 3.8) is 0 Å². The summed E-state index contributed by atoms with van der Waals surface area (Å²) in [5.74, 6) is 3.61. The molecule has 3 heterocycles. The molecule has 0 unspecified atom stereocenters. The van der Waals surface area contributed by atoms with Crippen LogP contribution in [0, 0.1) is 13.8 Å². The van der Waals surface area contributed by atoms with Crippen molar-refractivity contribution >= 4 is 5.82 Å². The normalized spacial score (nSPS) is 17.5. The monoisotopic (exact) mass is 330 g/mol. The van der Waals surface area contributed by atoms with Crippen molar-refractivity contribution in [1.82, 2.24) is 25.1 Å². The van der Waals surface area contributed by atoms with E-state index >= 15 is 0 Å². The third-order valence-electron chi connectivity index (χ3n) is 4.46. The molecule has 0 aromatic carbocycles. The molecule has 0 radical (unpaired) electrons. The van der Waals surface area contributed by atoms with Crippen molar-refractivity contribution in [1.29, 1.82) is 0 Å². The first-order valence-corrected chi connectivity index (χ1v) is 8.58. The average Bonchev–Trinajstić information content (AvgIpc) is 3.00. The number of nitrogens with zero attached hydrogens (tertiary/aromatic N) is 6. The van der Waals surface area contributed by atoms with Gasteiger partial charge >= 0.3 is 0 Å². The second-order valence-corrected chi connectivity index (χ2v) is 6.74. The largest absolute Gasteiger partial charge is 0.424 e. The van der Waals surface area contributed by atoms with E-state index in [1.54, 1.807) is 0 Å². The van der Waals surface area contributed by atoms with E-state index in [2.05, 4.69) is 51.8 Å². The maximum atomic E-state index is 5.57. The first-order chi connectivity index (χ1) is 11.4. The highest BCUT2D eigenvalue weighted by Crippen LogP contribution is 2.23. The molecule has 1 fully saturated rings. The van der Waals surface area contributed by atoms with E-state index in [1.165, 1.54) is 0 Å². The van der Waals surface area contributed by atoms with Gasteiger partial charge in [0.25, 0.3) is 0 Å². The van der Waals surface area contributed by atoms with Gasteiger partial charge < -0.3 is 9.32 Å². The van der Waals surface area contributed by atoms with Crippen molar-refractivity contribution in [3.8, 4) is 0 Å². The highest BCUT2D eigenvalue weighted by atomic mass is 16.4. The number of piperazine rings is 1. The third kappa shape index (κ3) is 3.56. The SMILES string of the molecule is Cc1cc(N2CCN([C@H](C)c3nnc(C)o3)CC2)nc(C(C)C)n1. The summed E-state index contributed by atoms with van der Waals surface area (Å²) < 4.78 is 5.57. The third-order valence-corrected chi connectivity index (χ3v) is 4.46. The molecular weight excluding hydrogens is 304 g/mol. The standard InChI is InChI=1S/C17H26N6O/c1-11(2)16-18-12(3)10-15(19-16)23-8-6-22(7-9-23)13(4)17-21-20-14(5)24-17/h10-11,13H,6-9H2,1-5H3/t13-/m1/s1. The van der Waals surface area contributed by atoms with Gasteiger partial charge in [-0.3, -0.25) is 4.90 Å². The predicted molar refractivity (Wildman–Crippen MR) is 92.1 cm³/mol. The Kier molecular flexibility index (Phi) is 4.80. The minimum Gasteiger partial charge on any atom is -0.424 e. The lowest BCUT2D eigenvalue weighted by atomic mass is 10.2. The fraction of sp³-hybridized carbons (Fsp3) is 0.647. The van der Waals surface area contributed by atoms with Crippen molar-refractivity contribution < 1.29 is 4.42 Å². The van der Waals surface area contributed by atoms with Crippen molar-refractivity contribution in [2.24, 2.45) is 0 Å². The topological polar surface area (TPSA) is 71.2 Å². The molecule has 0 aliphatic carbocycles. The van der Waals surface area contributed by atoms with Crippen LogP contribution in [0.5, 0.6) is 0 Å². The van der Waals surface area contributed by atoms with E-state index in [4.69, 9.17) is 9.40 Å². The molecular formula is C17H26N6O. The summed E-state index contributed by atoms with van der Waals surface area (Å²) in [6, 6.07) is 2.22. The lowest BCUT2D eigenvalue weighted by Crippen LogP contribution is -2.47. The van der Waals surface area contributed by atoms with Crippen LogP contribution in [0.25, 0.3) is 0 Å². The summed E-state index contributed by atoms with van der Waals surface area (Å²) in [5, 5.41) is 8.08. The molecule has 130 valence electrons. The Hall–Kier alpha value is -2.02. The number of aromatic nitrogens is 4. The van der Waals surface area contributed by atoms with Crippen LogP contribution in [0.4, 0.5) is 5.82 Å². The van der Waals surface area contributed by atoms with Gasteiger partial charge in [-0.2, -0.15) is 0 Å². The number of hydrogen-bond donors (Lipinski definition) is 0. The maximum absolute atomic E-state index is 5.57. The summed E-state index contributed by atoms with van der Waals surface area (Å²) in [6.07, 6.45) is 0. The first kappa shape index (κ1) is 16.8. The number of aryl methyl sites for hydroxylation is 2. The van der Waals surface area contributed by atoms with Crippen LogP contribution in [0.3, 0.4) is 0 Å². The Morgan fingerprint density at radius 3 is 2.29 bits per heavy atom. The first-order valence-electron chi connectivity index (χ1n) is 8.58. The smallest absolute Gasteiger partial charge is 0.233 e. The molecule has 1 aliphatic rings. The second kappa shape index (κ2) is 6.84. The Morgan fingerprint density at radius 2 is 1.71 bits per heavy atom. The fourth-order valence-electron chi connectivity index (χ4n) is 2.97. The van der Waals surface area contributed by atoms with E-state index in [0.717, 1.165) is 43.5 Å². The Bertz CT molecular complexity index is 690. The van der Waals surface area contributed by atoms with E-state index in [-0.39, 0.29) is 6.04 Å². The fourth-order valence-corrected chi connectivity index (χ4v) is 2.97. The lowest BCUT2D eigenvalue weighted by molar-refractivity contribution is 0.171. The molecule has 2 aromatic heterocycles. The Morgan fingerprint density at radius 1 is 1.00 bits per heavy atom. The number of anilines is 1. The molecule has 0 spiro atoms. The zero-order chi connectivity index (χ0) is 17.3. The van der Waals surface area contributed by atoms with Crippen LogP contribution in [0.1, 0.15) is 56.0 Å². The Labute approximate surface area is 143 Å². The number of rotatable bonds is 4. The van der Waals surface area contributed by atoms with Crippen LogP contribution in [0.2, 0.25) is 0 Å². The van der Waals surface area contributed by atoms with Crippen molar-refractivity contribution in [3.05, 3.63) is 29.4 Å². The molecule has 3 rings (SSSR count). The van der Waals surface area contributed by atoms with Gasteiger partial charge in [0.15, 0.2) is 0 Å². The summed E-state index contributed by atoms with van der Waals surface area (Å²) in [4.78, 5) is 14.0. The van der Waals surface area contributed by atoms with Gasteiger partial charge in [0.2, 0.25) is 11.8 Å². The maximum Gasteiger partial charge on any atom is 0.233 e. The molecule has 24 heavy (non-hydrogen) atoms. The average molecular weight is 330 g/mol. The van der Waals surface area contributed by atoms with E-state index in [0.29, 0.717) is 17.7 Å². The molecule has 1 atom stereocenters. The van der Waals surface area contributed by atoms with Crippen LogP contribution in [-0.2, 0) is 0 Å². The molecule has 7 nitrogen and oxygen atoms in total. The molecule has 2 aromatic rings. The Balaban J connectivity index is 1.67. The summed E-state index contributed by atoms with van der Waals surface area (Å²) >= 11 is 0. The molecule has 1 aliphatic heterocycles. The van der Waals surface area contributed by atoms with Gasteiger partial charge in [-0.15, -0.1) is 10.2 Å².